The molecule has 2 aromatic rings. The van der Waals surface area contributed by atoms with Gasteiger partial charge in [-0.15, -0.1) is 0 Å². The molecule has 8 amide bonds. The van der Waals surface area contributed by atoms with Gasteiger partial charge >= 0.3 is 35.5 Å². The van der Waals surface area contributed by atoms with Gasteiger partial charge in [-0.25, -0.2) is 11.1 Å². The molecule has 6 bridgehead atoms. The van der Waals surface area contributed by atoms with Gasteiger partial charge in [-0.3, -0.25) is 38.4 Å². The monoisotopic (exact) mass is 1010 g/mol. The van der Waals surface area contributed by atoms with Crippen LogP contribution in [0.25, 0.3) is 0 Å². The van der Waals surface area contributed by atoms with Gasteiger partial charge in [0.15, 0.2) is 12.3 Å². The Morgan fingerprint density at radius 3 is 2.32 bits per heavy atom. The number of anilines is 1. The summed E-state index contributed by atoms with van der Waals surface area (Å²) in [5.74, 6) is -7.71. The van der Waals surface area contributed by atoms with E-state index in [0.717, 1.165) is 0 Å². The maximum absolute atomic E-state index is 14.4. The van der Waals surface area contributed by atoms with Gasteiger partial charge in [0.05, 0.1) is 36.7 Å². The summed E-state index contributed by atoms with van der Waals surface area (Å²) < 4.78 is 13.5. The molecule has 11 atom stereocenters. The smallest absolute Gasteiger partial charge is 0.540 e. The number of aliphatic hydroxyl groups is 2. The van der Waals surface area contributed by atoms with Crippen molar-refractivity contribution in [3.8, 4) is 11.5 Å². The normalized spacial score (nSPS) is 29.5. The Hall–Kier alpha value is -6.34. The number of ether oxygens (including phenoxy) is 2. The first-order valence-corrected chi connectivity index (χ1v) is 23.4. The third-order valence-corrected chi connectivity index (χ3v) is 13.6. The Bertz CT molecular complexity index is 2530. The fourth-order valence-electron chi connectivity index (χ4n) is 9.90. The molecule has 0 aromatic heterocycles. The number of carbonyl (C=O) groups is 9. The number of hydrogen-bond acceptors (Lipinski definition) is 15. The number of benzene rings is 2. The summed E-state index contributed by atoms with van der Waals surface area (Å²) in [5.41, 5.74) is -1.76. The van der Waals surface area contributed by atoms with Crippen LogP contribution in [-0.4, -0.2) is 143 Å². The molecule has 7 rings (SSSR count). The van der Waals surface area contributed by atoms with Crippen LogP contribution in [0.5, 0.6) is 11.5 Å². The van der Waals surface area contributed by atoms with Crippen molar-refractivity contribution < 1.29 is 102 Å². The molecule has 1 fully saturated rings. The molecule has 24 nitrogen and oxygen atoms in total. The van der Waals surface area contributed by atoms with Crippen LogP contribution in [0.15, 0.2) is 30.3 Å². The second-order valence-corrected chi connectivity index (χ2v) is 18.9. The van der Waals surface area contributed by atoms with Crippen LogP contribution in [0.4, 0.5) is 5.69 Å². The van der Waals surface area contributed by atoms with Gasteiger partial charge in [0.1, 0.15) is 47.4 Å². The van der Waals surface area contributed by atoms with Gasteiger partial charge in [0, 0.05) is 12.0 Å². The first kappa shape index (κ1) is 55.0. The fourth-order valence-corrected chi connectivity index (χ4v) is 9.90. The summed E-state index contributed by atoms with van der Waals surface area (Å²) in [6, 6.07) is 0.770. The molecule has 0 radical (unpaired) electrons. The number of rotatable bonds is 10. The molecule has 0 aliphatic carbocycles. The maximum atomic E-state index is 14.4. The van der Waals surface area contributed by atoms with E-state index in [1.54, 1.807) is 44.4 Å². The van der Waals surface area contributed by atoms with E-state index in [1.807, 2.05) is 0 Å². The molecule has 2 aromatic carbocycles. The van der Waals surface area contributed by atoms with Crippen molar-refractivity contribution in [1.82, 2.24) is 42.5 Å². The predicted molar refractivity (Wildman–Crippen MR) is 246 cm³/mol. The third kappa shape index (κ3) is 11.5. The van der Waals surface area contributed by atoms with Crippen molar-refractivity contribution in [3.05, 3.63) is 52.6 Å². The van der Waals surface area contributed by atoms with Crippen LogP contribution in [0, 0.1) is 5.92 Å². The number of fused-ring (bicyclic) bond motifs is 4. The number of hydrogen-bond donors (Lipinski definition) is 12. The molecule has 1 saturated heterocycles. The molecule has 72 heavy (non-hydrogen) atoms. The minimum Gasteiger partial charge on any atom is -0.540 e. The number of carboxylic acids is 1. The largest absolute Gasteiger partial charge is 1.00 e. The first-order chi connectivity index (χ1) is 33.7. The number of carbonyl (C=O) groups excluding carboxylic acids is 9. The molecule has 0 saturated carbocycles. The van der Waals surface area contributed by atoms with Gasteiger partial charge in [-0.1, -0.05) is 32.5 Å². The quantitative estimate of drug-likeness (QED) is 0.0779. The average molecular weight is 1010 g/mol. The van der Waals surface area contributed by atoms with Crippen LogP contribution in [0.1, 0.15) is 94.6 Å². The number of amides is 8. The molecule has 5 aliphatic rings. The number of para-hydroxylation sites is 1. The Labute approximate surface area is 435 Å². The van der Waals surface area contributed by atoms with Crippen LogP contribution < -0.4 is 86.9 Å². The van der Waals surface area contributed by atoms with Crippen molar-refractivity contribution in [2.45, 2.75) is 132 Å². The number of nitrogens with one attached hydrogen (secondary N) is 9. The van der Waals surface area contributed by atoms with E-state index >= 15 is 0 Å². The van der Waals surface area contributed by atoms with Gasteiger partial charge in [-0.2, -0.15) is 0 Å². The minimum absolute atomic E-state index is 0. The van der Waals surface area contributed by atoms with Crippen LogP contribution in [-0.2, 0) is 59.8 Å². The molecule has 10 unspecified atom stereocenters. The van der Waals surface area contributed by atoms with E-state index < -0.39 is 139 Å². The standard InChI is InChI=1S/C47H58N9O15.Na/c1-5-46(4)39(44(68)69)54-34(62)20-49-33(61)19-50-40(64)29(52-32(60)15-22(3)58)18-47-25-7-6-8-30(71-46)35(25)56-45(47)70-38-24-13-21(2)14-28(53-41(65)27-9-10-31(59)51-27)42(66)55-36(43(67)48-11-12-57)37(63)23(16-24)17-26(38)47;/h6-8,16-17,21-22,27-29,36-37,39,45,56,58,63H,5,9-11,13-15,18-20H2,1-4H3,(H,48,67)(H,49,61)(H,50,64)(H,51,59)(H,52,60)(H,53,65)(H,54,62)(H,55,66)(H,68,69);/q-1;+1/t21?,22?,27?,28?,29?,36?,37?,39?,45?,46?,47-;/m0./s1. The summed E-state index contributed by atoms with van der Waals surface area (Å²) in [6.45, 7) is 4.34. The van der Waals surface area contributed by atoms with E-state index in [-0.39, 0.29) is 96.7 Å². The summed E-state index contributed by atoms with van der Waals surface area (Å²) in [6.07, 6.45) is -3.01. The fraction of sp³-hybridized carbons (Fsp3) is 0.532. The Balaban J connectivity index is 0.00000847. The van der Waals surface area contributed by atoms with E-state index in [0.29, 0.717) is 16.7 Å². The molecule has 25 heteroatoms. The number of aliphatic hydroxyl groups excluding tert-OH is 2. The topological polar surface area (TPSA) is 358 Å². The zero-order chi connectivity index (χ0) is 51.5. The van der Waals surface area contributed by atoms with E-state index in [4.69, 9.17) is 9.47 Å². The van der Waals surface area contributed by atoms with Gasteiger partial charge in [-0.05, 0) is 86.8 Å². The van der Waals surface area contributed by atoms with Crippen molar-refractivity contribution >= 4 is 65.2 Å². The average Bonchev–Trinajstić information content (AvgIpc) is 3.99. The van der Waals surface area contributed by atoms with E-state index in [1.165, 1.54) is 19.9 Å². The van der Waals surface area contributed by atoms with E-state index in [9.17, 15) is 63.3 Å². The second-order valence-electron chi connectivity index (χ2n) is 18.9. The molecular formula is C47H58N9NaO15. The van der Waals surface area contributed by atoms with Crippen LogP contribution in [0.2, 0.25) is 0 Å². The first-order valence-electron chi connectivity index (χ1n) is 23.4. The van der Waals surface area contributed by atoms with E-state index in [2.05, 4.69) is 47.9 Å². The van der Waals surface area contributed by atoms with Gasteiger partial charge in [0.25, 0.3) is 0 Å². The van der Waals surface area contributed by atoms with Crippen molar-refractivity contribution in [3.63, 3.8) is 0 Å². The summed E-state index contributed by atoms with van der Waals surface area (Å²) in [5, 5.41) is 56.4. The maximum Gasteiger partial charge on any atom is 1.00 e. The SMILES string of the molecule is CCC1(C)Oc2cccc3c2NC2Oc4c5cc(cc4[C@]32CC(NC(=O)CC(C)O)C(=O)NCC(=O)NCC(=O)NC1C(=O)O)C(O)C(C(=O)NC[C-]=O)NC(=O)C(NC(=O)C1CCC(=O)N1)CC(C)C5.[Na+]. The van der Waals surface area contributed by atoms with Crippen LogP contribution >= 0.6 is 0 Å². The summed E-state index contributed by atoms with van der Waals surface area (Å²) in [4.78, 5) is 132. The Kier molecular flexibility index (Phi) is 17.3. The van der Waals surface area contributed by atoms with Crippen molar-refractivity contribution in [2.75, 3.05) is 25.0 Å². The predicted octanol–water partition coefficient (Wildman–Crippen LogP) is -5.78. The summed E-state index contributed by atoms with van der Waals surface area (Å²) in [7, 11) is 0. The molecule has 5 aliphatic heterocycles. The Morgan fingerprint density at radius 1 is 0.917 bits per heavy atom. The summed E-state index contributed by atoms with van der Waals surface area (Å²) >= 11 is 0. The minimum atomic E-state index is -1.88. The van der Waals surface area contributed by atoms with Crippen molar-refractivity contribution in [2.24, 2.45) is 5.92 Å². The molecule has 1 spiro atoms. The number of aliphatic carboxylic acids is 1. The third-order valence-electron chi connectivity index (χ3n) is 13.6. The van der Waals surface area contributed by atoms with Crippen LogP contribution in [0.3, 0.4) is 0 Å². The van der Waals surface area contributed by atoms with Gasteiger partial charge in [0.2, 0.25) is 47.3 Å². The molecular weight excluding hydrogens is 954 g/mol. The zero-order valence-electron chi connectivity index (χ0n) is 40.4. The molecule has 5 heterocycles. The Morgan fingerprint density at radius 2 is 1.65 bits per heavy atom. The van der Waals surface area contributed by atoms with Gasteiger partial charge < -0.3 is 77.4 Å². The molecule has 382 valence electrons. The van der Waals surface area contributed by atoms with Crippen molar-refractivity contribution in [1.29, 1.82) is 0 Å². The second kappa shape index (κ2) is 22.6. The molecule has 12 N–H and O–H groups in total. The zero-order valence-corrected chi connectivity index (χ0v) is 42.4. The number of carboxylic acid groups (broad SMARTS) is 1.